The number of alkyl halides is 3. The van der Waals surface area contributed by atoms with E-state index in [2.05, 4.69) is 5.10 Å². The second-order valence-corrected chi connectivity index (χ2v) is 13.0. The highest BCUT2D eigenvalue weighted by atomic mass is 35.5. The molecule has 2 fully saturated rings. The van der Waals surface area contributed by atoms with Crippen LogP contribution in [0.4, 0.5) is 33.7 Å². The minimum Gasteiger partial charge on any atom is -0.462 e. The van der Waals surface area contributed by atoms with Crippen LogP contribution >= 0.6 is 11.6 Å². The molecule has 0 N–H and O–H groups in total. The van der Waals surface area contributed by atoms with Crippen LogP contribution in [0.2, 0.25) is 5.02 Å². The molecule has 1 atom stereocenters. The fraction of sp³-hybridized carbons (Fsp3) is 0.485. The highest BCUT2D eigenvalue weighted by Gasteiger charge is 2.43. The number of piperazine rings is 1. The fourth-order valence-electron chi connectivity index (χ4n) is 6.05. The van der Waals surface area contributed by atoms with Crippen molar-refractivity contribution in [2.45, 2.75) is 58.4 Å². The molecule has 0 radical (unpaired) electrons. The molecule has 2 aliphatic heterocycles. The predicted molar refractivity (Wildman–Crippen MR) is 171 cm³/mol. The second-order valence-electron chi connectivity index (χ2n) is 12.6. The minimum absolute atomic E-state index is 0.0671. The molecule has 1 amide bonds. The summed E-state index contributed by atoms with van der Waals surface area (Å²) in [5.74, 6) is -1.52. The molecule has 3 heterocycles. The average molecular weight is 680 g/mol. The number of rotatable bonds is 6. The van der Waals surface area contributed by atoms with Crippen molar-refractivity contribution in [2.24, 2.45) is 0 Å². The molecule has 0 spiro atoms. The zero-order chi connectivity index (χ0) is 34.1. The van der Waals surface area contributed by atoms with Crippen LogP contribution in [0.25, 0.3) is 11.1 Å². The Morgan fingerprint density at radius 1 is 0.979 bits per heavy atom. The summed E-state index contributed by atoms with van der Waals surface area (Å²) in [5.41, 5.74) is -0.0787. The number of carbonyl (C=O) groups excluding carboxylic acids is 2. The van der Waals surface area contributed by atoms with Crippen LogP contribution in [0.5, 0.6) is 0 Å². The van der Waals surface area contributed by atoms with Gasteiger partial charge in [-0.3, -0.25) is 4.68 Å². The van der Waals surface area contributed by atoms with Gasteiger partial charge in [-0.2, -0.15) is 18.3 Å². The lowest BCUT2D eigenvalue weighted by atomic mass is 9.98. The van der Waals surface area contributed by atoms with Gasteiger partial charge in [0.2, 0.25) is 0 Å². The van der Waals surface area contributed by atoms with Gasteiger partial charge in [-0.1, -0.05) is 23.7 Å². The maximum Gasteiger partial charge on any atom is 0.433 e. The Kier molecular flexibility index (Phi) is 9.95. The van der Waals surface area contributed by atoms with Crippen molar-refractivity contribution in [1.29, 1.82) is 0 Å². The Morgan fingerprint density at radius 2 is 1.70 bits per heavy atom. The van der Waals surface area contributed by atoms with Crippen molar-refractivity contribution in [1.82, 2.24) is 14.7 Å². The summed E-state index contributed by atoms with van der Waals surface area (Å²) in [6.45, 7) is 9.20. The predicted octanol–water partition coefficient (Wildman–Crippen LogP) is 7.44. The number of aromatic nitrogens is 2. The van der Waals surface area contributed by atoms with Crippen LogP contribution in [0.3, 0.4) is 0 Å². The van der Waals surface area contributed by atoms with Crippen LogP contribution in [0.15, 0.2) is 42.6 Å². The number of amides is 1. The van der Waals surface area contributed by atoms with Crippen LogP contribution in [0, 0.1) is 5.82 Å². The third kappa shape index (κ3) is 7.77. The monoisotopic (exact) mass is 679 g/mol. The standard InChI is InChI=1S/C33H38ClF4N5O4/c1-5-46-30(44)25-19-39-43(29(25)33(36,37)38)23-7-6-12-42(20-23)28-18-22(34)9-10-24(28)21-8-11-27(26(35)17-21)40-13-15-41(16-14-40)31(45)47-32(2,3)4/h8-11,17-19,23H,5-7,12-16,20H2,1-4H3. The SMILES string of the molecule is CCOC(=O)c1cnn(C2CCCN(c3cc(Cl)ccc3-c3ccc(N4CCN(C(=O)OC(C)(C)C)CC4)c(F)c3)C2)c1C(F)(F)F. The van der Waals surface area contributed by atoms with Crippen LogP contribution < -0.4 is 9.80 Å². The molecule has 2 aliphatic rings. The van der Waals surface area contributed by atoms with E-state index in [0.717, 1.165) is 10.9 Å². The first kappa shape index (κ1) is 34.3. The summed E-state index contributed by atoms with van der Waals surface area (Å²) in [4.78, 5) is 30.2. The number of hydrogen-bond donors (Lipinski definition) is 0. The first-order chi connectivity index (χ1) is 22.2. The van der Waals surface area contributed by atoms with Crippen molar-refractivity contribution in [3.05, 3.63) is 64.7 Å². The zero-order valence-corrected chi connectivity index (χ0v) is 27.5. The molecule has 0 aliphatic carbocycles. The van der Waals surface area contributed by atoms with Gasteiger partial charge < -0.3 is 24.2 Å². The molecule has 5 rings (SSSR count). The summed E-state index contributed by atoms with van der Waals surface area (Å²) >= 11 is 6.40. The summed E-state index contributed by atoms with van der Waals surface area (Å²) in [6.07, 6.45) is -3.37. The molecule has 9 nitrogen and oxygen atoms in total. The summed E-state index contributed by atoms with van der Waals surface area (Å²) in [5, 5.41) is 4.41. The number of ether oxygens (including phenoxy) is 2. The fourth-order valence-corrected chi connectivity index (χ4v) is 6.22. The van der Waals surface area contributed by atoms with Crippen molar-refractivity contribution in [3.63, 3.8) is 0 Å². The smallest absolute Gasteiger partial charge is 0.433 e. The Bertz CT molecular complexity index is 1620. The molecule has 1 unspecified atom stereocenters. The number of anilines is 2. The normalized spacial score (nSPS) is 17.6. The first-order valence-electron chi connectivity index (χ1n) is 15.6. The van der Waals surface area contributed by atoms with E-state index in [1.54, 1.807) is 56.0 Å². The molecule has 47 heavy (non-hydrogen) atoms. The van der Waals surface area contributed by atoms with Crippen molar-refractivity contribution < 1.29 is 36.6 Å². The average Bonchev–Trinajstić information content (AvgIpc) is 3.47. The number of hydrogen-bond acceptors (Lipinski definition) is 7. The topological polar surface area (TPSA) is 80.1 Å². The molecule has 2 aromatic carbocycles. The number of benzene rings is 2. The lowest BCUT2D eigenvalue weighted by Crippen LogP contribution is -2.50. The van der Waals surface area contributed by atoms with E-state index in [9.17, 15) is 22.8 Å². The van der Waals surface area contributed by atoms with Gasteiger partial charge in [0.05, 0.1) is 24.5 Å². The van der Waals surface area contributed by atoms with E-state index in [1.165, 1.54) is 13.0 Å². The highest BCUT2D eigenvalue weighted by Crippen LogP contribution is 2.40. The van der Waals surface area contributed by atoms with Gasteiger partial charge in [0.1, 0.15) is 17.0 Å². The first-order valence-corrected chi connectivity index (χ1v) is 15.9. The van der Waals surface area contributed by atoms with Gasteiger partial charge in [-0.05, 0) is 70.4 Å². The van der Waals surface area contributed by atoms with E-state index in [0.29, 0.717) is 73.1 Å². The Hall–Kier alpha value is -4.00. The Balaban J connectivity index is 1.37. The molecular formula is C33H38ClF4N5O4. The molecule has 3 aromatic rings. The van der Waals surface area contributed by atoms with Crippen LogP contribution in [-0.2, 0) is 15.7 Å². The quantitative estimate of drug-likeness (QED) is 0.198. The second kappa shape index (κ2) is 13.6. The van der Waals surface area contributed by atoms with Gasteiger partial charge in [-0.25, -0.2) is 14.0 Å². The van der Waals surface area contributed by atoms with Crippen LogP contribution in [-0.4, -0.2) is 78.2 Å². The van der Waals surface area contributed by atoms with Crippen molar-refractivity contribution in [2.75, 3.05) is 55.7 Å². The molecular weight excluding hydrogens is 642 g/mol. The number of piperidine rings is 1. The van der Waals surface area contributed by atoms with Gasteiger partial charge in [-0.15, -0.1) is 0 Å². The van der Waals surface area contributed by atoms with Gasteiger partial charge in [0, 0.05) is 55.5 Å². The number of esters is 1. The molecule has 1 aromatic heterocycles. The third-order valence-electron chi connectivity index (χ3n) is 8.13. The van der Waals surface area contributed by atoms with E-state index >= 15 is 4.39 Å². The summed E-state index contributed by atoms with van der Waals surface area (Å²) in [6, 6.07) is 9.40. The van der Waals surface area contributed by atoms with Gasteiger partial charge in [0.25, 0.3) is 0 Å². The number of nitrogens with zero attached hydrogens (tertiary/aromatic N) is 5. The maximum atomic E-state index is 15.7. The molecule has 2 saturated heterocycles. The van der Waals surface area contributed by atoms with E-state index < -0.39 is 47.0 Å². The summed E-state index contributed by atoms with van der Waals surface area (Å²) in [7, 11) is 0. The lowest BCUT2D eigenvalue weighted by molar-refractivity contribution is -0.145. The van der Waals surface area contributed by atoms with E-state index in [1.807, 2.05) is 9.80 Å². The maximum absolute atomic E-state index is 15.7. The van der Waals surface area contributed by atoms with E-state index in [-0.39, 0.29) is 13.2 Å². The largest absolute Gasteiger partial charge is 0.462 e. The lowest BCUT2D eigenvalue weighted by Gasteiger charge is -2.37. The molecule has 0 bridgehead atoms. The van der Waals surface area contributed by atoms with Crippen molar-refractivity contribution in [3.8, 4) is 11.1 Å². The van der Waals surface area contributed by atoms with Crippen LogP contribution in [0.1, 0.15) is 62.6 Å². The Morgan fingerprint density at radius 3 is 2.34 bits per heavy atom. The molecule has 0 saturated carbocycles. The Labute approximate surface area is 276 Å². The van der Waals surface area contributed by atoms with E-state index in [4.69, 9.17) is 21.1 Å². The summed E-state index contributed by atoms with van der Waals surface area (Å²) < 4.78 is 69.5. The zero-order valence-electron chi connectivity index (χ0n) is 26.7. The van der Waals surface area contributed by atoms with Gasteiger partial charge in [0.15, 0.2) is 5.69 Å². The number of carbonyl (C=O) groups is 2. The highest BCUT2D eigenvalue weighted by molar-refractivity contribution is 6.31. The van der Waals surface area contributed by atoms with Crippen molar-refractivity contribution >= 4 is 35.0 Å². The van der Waals surface area contributed by atoms with Gasteiger partial charge >= 0.3 is 18.2 Å². The minimum atomic E-state index is -4.83. The molecule has 14 heteroatoms. The third-order valence-corrected chi connectivity index (χ3v) is 8.37. The number of halogens is 5. The molecule has 254 valence electrons.